The molecular weight excluding hydrogens is 227 g/mol. The minimum absolute atomic E-state index is 0.0545. The molecule has 2 N–H and O–H groups in total. The van der Waals surface area contributed by atoms with E-state index in [9.17, 15) is 4.39 Å². The maximum Gasteiger partial charge on any atom is 0.123 e. The normalized spacial score (nSPS) is 11.6. The third-order valence-electron chi connectivity index (χ3n) is 2.88. The summed E-state index contributed by atoms with van der Waals surface area (Å²) in [6.07, 6.45) is 1.64. The number of nitrogens with two attached hydrogens (primary N) is 1. The quantitative estimate of drug-likeness (QED) is 0.829. The first-order valence-electron chi connectivity index (χ1n) is 5.90. The summed E-state index contributed by atoms with van der Waals surface area (Å²) < 4.78 is 13.5. The number of aromatic nitrogens is 1. The molecule has 0 fully saturated rings. The summed E-state index contributed by atoms with van der Waals surface area (Å²) in [6.45, 7) is 6.32. The van der Waals surface area contributed by atoms with Gasteiger partial charge in [0.25, 0.3) is 0 Å². The highest BCUT2D eigenvalue weighted by Gasteiger charge is 2.19. The maximum atomic E-state index is 13.5. The van der Waals surface area contributed by atoms with Crippen molar-refractivity contribution in [3.05, 3.63) is 47.9 Å². The number of hydrogen-bond acceptors (Lipinski definition) is 2. The van der Waals surface area contributed by atoms with Gasteiger partial charge in [-0.25, -0.2) is 9.37 Å². The van der Waals surface area contributed by atoms with E-state index in [2.05, 4.69) is 25.8 Å². The Balaban J connectivity index is 2.66. The Morgan fingerprint density at radius 1 is 1.11 bits per heavy atom. The molecule has 1 heterocycles. The summed E-state index contributed by atoms with van der Waals surface area (Å²) in [5.41, 5.74) is 8.49. The monoisotopic (exact) mass is 244 g/mol. The molecule has 94 valence electrons. The van der Waals surface area contributed by atoms with Crippen LogP contribution in [0.15, 0.2) is 36.5 Å². The standard InChI is InChI=1S/C15H17FN2/c1-15(2,3)13-5-4-11(16)9-12(13)10-6-7-18-14(17)8-10/h4-9H,1-3H3,(H2,17,18). The van der Waals surface area contributed by atoms with Crippen LogP contribution in [0.3, 0.4) is 0 Å². The lowest BCUT2D eigenvalue weighted by atomic mass is 9.82. The molecule has 0 spiro atoms. The topological polar surface area (TPSA) is 38.9 Å². The number of rotatable bonds is 1. The maximum absolute atomic E-state index is 13.5. The van der Waals surface area contributed by atoms with Gasteiger partial charge in [0.1, 0.15) is 11.6 Å². The van der Waals surface area contributed by atoms with Crippen molar-refractivity contribution in [2.45, 2.75) is 26.2 Å². The fourth-order valence-electron chi connectivity index (χ4n) is 2.03. The first kappa shape index (κ1) is 12.6. The number of pyridine rings is 1. The second kappa shape index (κ2) is 4.41. The van der Waals surface area contributed by atoms with E-state index in [4.69, 9.17) is 5.73 Å². The summed E-state index contributed by atoms with van der Waals surface area (Å²) in [4.78, 5) is 3.96. The van der Waals surface area contributed by atoms with Crippen molar-refractivity contribution in [2.24, 2.45) is 0 Å². The van der Waals surface area contributed by atoms with Crippen LogP contribution >= 0.6 is 0 Å². The molecule has 18 heavy (non-hydrogen) atoms. The highest BCUT2D eigenvalue weighted by atomic mass is 19.1. The molecule has 1 aromatic heterocycles. The lowest BCUT2D eigenvalue weighted by Crippen LogP contribution is -2.13. The number of benzene rings is 1. The number of anilines is 1. The van der Waals surface area contributed by atoms with Gasteiger partial charge in [0.05, 0.1) is 0 Å². The van der Waals surface area contributed by atoms with Crippen LogP contribution in [0.5, 0.6) is 0 Å². The van der Waals surface area contributed by atoms with E-state index < -0.39 is 0 Å². The SMILES string of the molecule is CC(C)(C)c1ccc(F)cc1-c1ccnc(N)c1. The number of halogens is 1. The molecular formula is C15H17FN2. The number of nitrogens with zero attached hydrogens (tertiary/aromatic N) is 1. The molecule has 0 aliphatic carbocycles. The predicted octanol–water partition coefficient (Wildman–Crippen LogP) is 3.77. The summed E-state index contributed by atoms with van der Waals surface area (Å²) >= 11 is 0. The highest BCUT2D eigenvalue weighted by molar-refractivity contribution is 5.70. The smallest absolute Gasteiger partial charge is 0.123 e. The fourth-order valence-corrected chi connectivity index (χ4v) is 2.03. The van der Waals surface area contributed by atoms with E-state index in [0.717, 1.165) is 16.7 Å². The van der Waals surface area contributed by atoms with Gasteiger partial charge in [-0.2, -0.15) is 0 Å². The molecule has 2 nitrogen and oxygen atoms in total. The van der Waals surface area contributed by atoms with E-state index in [-0.39, 0.29) is 11.2 Å². The zero-order valence-corrected chi connectivity index (χ0v) is 10.9. The van der Waals surface area contributed by atoms with Crippen molar-refractivity contribution in [3.63, 3.8) is 0 Å². The van der Waals surface area contributed by atoms with Gasteiger partial charge in [-0.05, 0) is 46.4 Å². The third kappa shape index (κ3) is 2.50. The summed E-state index contributed by atoms with van der Waals surface area (Å²) in [7, 11) is 0. The second-order valence-electron chi connectivity index (χ2n) is 5.41. The Morgan fingerprint density at radius 3 is 2.44 bits per heavy atom. The van der Waals surface area contributed by atoms with Crippen molar-refractivity contribution in [3.8, 4) is 11.1 Å². The van der Waals surface area contributed by atoms with Crippen LogP contribution in [0.4, 0.5) is 10.2 Å². The zero-order valence-electron chi connectivity index (χ0n) is 10.9. The molecule has 1 aromatic carbocycles. The average Bonchev–Trinajstić information content (AvgIpc) is 2.27. The van der Waals surface area contributed by atoms with Gasteiger partial charge in [-0.1, -0.05) is 26.8 Å². The predicted molar refractivity (Wildman–Crippen MR) is 72.7 cm³/mol. The molecule has 0 unspecified atom stereocenters. The highest BCUT2D eigenvalue weighted by Crippen LogP contribution is 2.33. The van der Waals surface area contributed by atoms with Gasteiger partial charge >= 0.3 is 0 Å². The van der Waals surface area contributed by atoms with Crippen LogP contribution < -0.4 is 5.73 Å². The van der Waals surface area contributed by atoms with E-state index in [1.54, 1.807) is 18.3 Å². The van der Waals surface area contributed by atoms with Crippen LogP contribution in [0.25, 0.3) is 11.1 Å². The third-order valence-corrected chi connectivity index (χ3v) is 2.88. The van der Waals surface area contributed by atoms with Gasteiger partial charge in [0, 0.05) is 6.20 Å². The van der Waals surface area contributed by atoms with Gasteiger partial charge < -0.3 is 5.73 Å². The zero-order chi connectivity index (χ0) is 13.3. The van der Waals surface area contributed by atoms with Crippen molar-refractivity contribution < 1.29 is 4.39 Å². The molecule has 2 aromatic rings. The Bertz CT molecular complexity index is 571. The molecule has 3 heteroatoms. The molecule has 2 rings (SSSR count). The molecule has 0 saturated carbocycles. The molecule has 0 saturated heterocycles. The fraction of sp³-hybridized carbons (Fsp3) is 0.267. The summed E-state index contributed by atoms with van der Waals surface area (Å²) in [6, 6.07) is 8.50. The molecule has 0 atom stereocenters. The van der Waals surface area contributed by atoms with E-state index in [1.165, 1.54) is 6.07 Å². The minimum atomic E-state index is -0.242. The molecule has 0 aliphatic heterocycles. The van der Waals surface area contributed by atoms with Gasteiger partial charge in [0.2, 0.25) is 0 Å². The largest absolute Gasteiger partial charge is 0.384 e. The van der Waals surface area contributed by atoms with Gasteiger partial charge in [0.15, 0.2) is 0 Å². The Hall–Kier alpha value is -1.90. The summed E-state index contributed by atoms with van der Waals surface area (Å²) in [5, 5.41) is 0. The van der Waals surface area contributed by atoms with Crippen molar-refractivity contribution in [1.82, 2.24) is 4.98 Å². The lowest BCUT2D eigenvalue weighted by Gasteiger charge is -2.23. The van der Waals surface area contributed by atoms with Crippen molar-refractivity contribution in [1.29, 1.82) is 0 Å². The first-order valence-corrected chi connectivity index (χ1v) is 5.90. The Kier molecular flexibility index (Phi) is 3.07. The van der Waals surface area contributed by atoms with Crippen molar-refractivity contribution in [2.75, 3.05) is 5.73 Å². The lowest BCUT2D eigenvalue weighted by molar-refractivity contribution is 0.585. The van der Waals surface area contributed by atoms with E-state index >= 15 is 0 Å². The molecule has 0 amide bonds. The molecule has 0 aliphatic rings. The van der Waals surface area contributed by atoms with Crippen molar-refractivity contribution >= 4 is 5.82 Å². The average molecular weight is 244 g/mol. The van der Waals surface area contributed by atoms with Crippen LogP contribution in [-0.4, -0.2) is 4.98 Å². The minimum Gasteiger partial charge on any atom is -0.384 e. The molecule has 0 radical (unpaired) electrons. The number of hydrogen-bond donors (Lipinski definition) is 1. The first-order chi connectivity index (χ1) is 8.38. The number of nitrogen functional groups attached to an aromatic ring is 1. The van der Waals surface area contributed by atoms with Crippen LogP contribution in [0, 0.1) is 5.82 Å². The van der Waals surface area contributed by atoms with Crippen LogP contribution in [0.1, 0.15) is 26.3 Å². The molecule has 0 bridgehead atoms. The van der Waals surface area contributed by atoms with Gasteiger partial charge in [-0.15, -0.1) is 0 Å². The Morgan fingerprint density at radius 2 is 1.83 bits per heavy atom. The van der Waals surface area contributed by atoms with Crippen LogP contribution in [-0.2, 0) is 5.41 Å². The van der Waals surface area contributed by atoms with Crippen LogP contribution in [0.2, 0.25) is 0 Å². The Labute approximate surface area is 107 Å². The van der Waals surface area contributed by atoms with E-state index in [0.29, 0.717) is 5.82 Å². The second-order valence-corrected chi connectivity index (χ2v) is 5.41. The summed E-state index contributed by atoms with van der Waals surface area (Å²) in [5.74, 6) is 0.199. The van der Waals surface area contributed by atoms with E-state index in [1.807, 2.05) is 12.1 Å². The van der Waals surface area contributed by atoms with Gasteiger partial charge in [-0.3, -0.25) is 0 Å².